The molecule has 0 spiro atoms. The number of esters is 1. The number of rotatable bonds is 8. The molecule has 2 N–H and O–H groups in total. The van der Waals surface area contributed by atoms with Gasteiger partial charge in [0, 0.05) is 18.3 Å². The average Bonchev–Trinajstić information content (AvgIpc) is 3.04. The lowest BCUT2D eigenvalue weighted by Crippen LogP contribution is -2.32. The van der Waals surface area contributed by atoms with Crippen LogP contribution in [0.4, 0.5) is 0 Å². The first-order chi connectivity index (χ1) is 14.0. The zero-order valence-electron chi connectivity index (χ0n) is 18.0. The summed E-state index contributed by atoms with van der Waals surface area (Å²) in [5.74, 6) is 0.537. The number of aliphatic hydroxyl groups is 1. The van der Waals surface area contributed by atoms with Crippen molar-refractivity contribution in [1.82, 2.24) is 5.32 Å². The molecule has 0 aromatic heterocycles. The van der Waals surface area contributed by atoms with Gasteiger partial charge in [-0.3, -0.25) is 9.59 Å². The van der Waals surface area contributed by atoms with E-state index in [1.165, 1.54) is 5.56 Å². The van der Waals surface area contributed by atoms with E-state index in [4.69, 9.17) is 4.74 Å². The Balaban J connectivity index is 1.92. The predicted octanol–water partition coefficient (Wildman–Crippen LogP) is 3.90. The van der Waals surface area contributed by atoms with Crippen LogP contribution >= 0.6 is 0 Å². The quantitative estimate of drug-likeness (QED) is 0.394. The third-order valence-electron chi connectivity index (χ3n) is 6.46. The Kier molecular flexibility index (Phi) is 7.33. The summed E-state index contributed by atoms with van der Waals surface area (Å²) in [4.78, 5) is 24.9. The van der Waals surface area contributed by atoms with Crippen LogP contribution in [0.2, 0.25) is 0 Å². The van der Waals surface area contributed by atoms with E-state index in [-0.39, 0.29) is 42.3 Å². The van der Waals surface area contributed by atoms with Crippen molar-refractivity contribution in [2.75, 3.05) is 6.61 Å². The molecule has 5 heteroatoms. The van der Waals surface area contributed by atoms with Crippen molar-refractivity contribution >= 4 is 11.9 Å². The van der Waals surface area contributed by atoms with Crippen LogP contribution in [0, 0.1) is 11.8 Å². The van der Waals surface area contributed by atoms with Crippen molar-refractivity contribution in [1.29, 1.82) is 0 Å². The van der Waals surface area contributed by atoms with E-state index in [1.54, 1.807) is 0 Å². The maximum Gasteiger partial charge on any atom is 0.311 e. The molecule has 1 aliphatic heterocycles. The number of hydrogen-bond acceptors (Lipinski definition) is 4. The number of carbonyl (C=O) groups is 2. The molecule has 0 bridgehead atoms. The molecule has 1 saturated heterocycles. The topological polar surface area (TPSA) is 75.6 Å². The second-order valence-electron chi connectivity index (χ2n) is 8.84. The summed E-state index contributed by atoms with van der Waals surface area (Å²) in [7, 11) is 0. The molecule has 1 amide bonds. The SMILES string of the molecule is CCCCCC(=O)Oc1ccc(C2C(CO)NC(=O)C2C(C)C)c2c1CCCC2. The average molecular weight is 402 g/mol. The summed E-state index contributed by atoms with van der Waals surface area (Å²) in [5.41, 5.74) is 3.48. The normalized spacial score (nSPS) is 23.8. The Bertz CT molecular complexity index is 743. The summed E-state index contributed by atoms with van der Waals surface area (Å²) in [5, 5.41) is 12.9. The minimum atomic E-state index is -0.261. The van der Waals surface area contributed by atoms with Crippen LogP contribution in [0.25, 0.3) is 0 Å². The zero-order valence-corrected chi connectivity index (χ0v) is 18.0. The van der Waals surface area contributed by atoms with Crippen molar-refractivity contribution in [3.63, 3.8) is 0 Å². The molecule has 5 nitrogen and oxygen atoms in total. The number of benzene rings is 1. The third-order valence-corrected chi connectivity index (χ3v) is 6.46. The molecule has 29 heavy (non-hydrogen) atoms. The first-order valence-electron chi connectivity index (χ1n) is 11.2. The highest BCUT2D eigenvalue weighted by molar-refractivity contribution is 5.83. The van der Waals surface area contributed by atoms with Crippen LogP contribution in [0.5, 0.6) is 5.75 Å². The fraction of sp³-hybridized carbons (Fsp3) is 0.667. The van der Waals surface area contributed by atoms with Gasteiger partial charge in [-0.25, -0.2) is 0 Å². The van der Waals surface area contributed by atoms with E-state index in [9.17, 15) is 14.7 Å². The summed E-state index contributed by atoms with van der Waals surface area (Å²) in [6.45, 7) is 6.18. The lowest BCUT2D eigenvalue weighted by molar-refractivity contribution is -0.134. The fourth-order valence-corrected chi connectivity index (χ4v) is 5.03. The van der Waals surface area contributed by atoms with E-state index < -0.39 is 0 Å². The molecule has 0 radical (unpaired) electrons. The molecule has 1 aromatic rings. The Morgan fingerprint density at radius 1 is 1.21 bits per heavy atom. The van der Waals surface area contributed by atoms with Crippen molar-refractivity contribution < 1.29 is 19.4 Å². The van der Waals surface area contributed by atoms with Gasteiger partial charge in [0.2, 0.25) is 5.91 Å². The van der Waals surface area contributed by atoms with Crippen LogP contribution in [-0.2, 0) is 22.4 Å². The van der Waals surface area contributed by atoms with Gasteiger partial charge in [0.05, 0.1) is 12.6 Å². The second kappa shape index (κ2) is 9.75. The van der Waals surface area contributed by atoms with Crippen LogP contribution in [0.15, 0.2) is 12.1 Å². The van der Waals surface area contributed by atoms with E-state index >= 15 is 0 Å². The number of ether oxygens (including phenoxy) is 1. The molecule has 2 aliphatic rings. The van der Waals surface area contributed by atoms with Gasteiger partial charge in [-0.1, -0.05) is 39.7 Å². The van der Waals surface area contributed by atoms with Gasteiger partial charge < -0.3 is 15.2 Å². The fourth-order valence-electron chi connectivity index (χ4n) is 5.03. The third kappa shape index (κ3) is 4.66. The standard InChI is InChI=1S/C24H35NO4/c1-4-5-6-11-21(27)29-20-13-12-18(16-9-7-8-10-17(16)20)23-19(14-26)25-24(28)22(23)15(2)3/h12-13,15,19,22-23,26H,4-11,14H2,1-3H3,(H,25,28). The first kappa shape index (κ1) is 21.8. The summed E-state index contributed by atoms with van der Waals surface area (Å²) in [6, 6.07) is 3.68. The molecule has 1 aromatic carbocycles. The largest absolute Gasteiger partial charge is 0.426 e. The Morgan fingerprint density at radius 3 is 2.59 bits per heavy atom. The maximum atomic E-state index is 12.6. The van der Waals surface area contributed by atoms with Gasteiger partial charge in [-0.2, -0.15) is 0 Å². The van der Waals surface area contributed by atoms with Gasteiger partial charge in [-0.15, -0.1) is 0 Å². The maximum absolute atomic E-state index is 12.6. The first-order valence-corrected chi connectivity index (χ1v) is 11.2. The molecule has 1 fully saturated rings. The number of aliphatic hydroxyl groups excluding tert-OH is 1. The van der Waals surface area contributed by atoms with Crippen LogP contribution < -0.4 is 10.1 Å². The van der Waals surface area contributed by atoms with Gasteiger partial charge in [0.15, 0.2) is 0 Å². The highest BCUT2D eigenvalue weighted by Gasteiger charge is 2.45. The Morgan fingerprint density at radius 2 is 1.93 bits per heavy atom. The Hall–Kier alpha value is -1.88. The zero-order chi connectivity index (χ0) is 21.0. The van der Waals surface area contributed by atoms with Crippen LogP contribution in [0.1, 0.15) is 81.9 Å². The number of amides is 1. The Labute approximate surface area is 174 Å². The van der Waals surface area contributed by atoms with E-state index in [2.05, 4.69) is 26.1 Å². The predicted molar refractivity (Wildman–Crippen MR) is 113 cm³/mol. The van der Waals surface area contributed by atoms with Gasteiger partial charge >= 0.3 is 5.97 Å². The molecular weight excluding hydrogens is 366 g/mol. The molecule has 1 heterocycles. The highest BCUT2D eigenvalue weighted by Crippen LogP contribution is 2.43. The number of nitrogens with one attached hydrogen (secondary N) is 1. The second-order valence-corrected chi connectivity index (χ2v) is 8.84. The van der Waals surface area contributed by atoms with Crippen LogP contribution in [0.3, 0.4) is 0 Å². The lowest BCUT2D eigenvalue weighted by atomic mass is 9.74. The van der Waals surface area contributed by atoms with Crippen molar-refractivity contribution in [2.24, 2.45) is 11.8 Å². The number of fused-ring (bicyclic) bond motifs is 1. The molecule has 3 rings (SSSR count). The lowest BCUT2D eigenvalue weighted by Gasteiger charge is -2.30. The van der Waals surface area contributed by atoms with Gasteiger partial charge in [0.1, 0.15) is 5.75 Å². The van der Waals surface area contributed by atoms with Gasteiger partial charge in [-0.05, 0) is 60.8 Å². The highest BCUT2D eigenvalue weighted by atomic mass is 16.5. The van der Waals surface area contributed by atoms with Gasteiger partial charge in [0.25, 0.3) is 0 Å². The molecule has 160 valence electrons. The monoisotopic (exact) mass is 401 g/mol. The summed E-state index contributed by atoms with van der Waals surface area (Å²) >= 11 is 0. The summed E-state index contributed by atoms with van der Waals surface area (Å²) in [6.07, 6.45) is 7.42. The molecule has 1 aliphatic carbocycles. The molecular formula is C24H35NO4. The molecule has 3 atom stereocenters. The van der Waals surface area contributed by atoms with Crippen molar-refractivity contribution in [2.45, 2.75) is 84.1 Å². The molecule has 3 unspecified atom stereocenters. The summed E-state index contributed by atoms with van der Waals surface area (Å²) < 4.78 is 5.75. The number of carbonyl (C=O) groups excluding carboxylic acids is 2. The minimum absolute atomic E-state index is 0.0278. The minimum Gasteiger partial charge on any atom is -0.426 e. The van der Waals surface area contributed by atoms with Crippen molar-refractivity contribution in [3.05, 3.63) is 28.8 Å². The van der Waals surface area contributed by atoms with E-state index in [0.717, 1.165) is 56.1 Å². The van der Waals surface area contributed by atoms with Crippen molar-refractivity contribution in [3.8, 4) is 5.75 Å². The number of unbranched alkanes of at least 4 members (excludes halogenated alkanes) is 2. The molecule has 0 saturated carbocycles. The van der Waals surface area contributed by atoms with Crippen LogP contribution in [-0.4, -0.2) is 29.6 Å². The van der Waals surface area contributed by atoms with E-state index in [1.807, 2.05) is 12.1 Å². The smallest absolute Gasteiger partial charge is 0.311 e. The van der Waals surface area contributed by atoms with E-state index in [0.29, 0.717) is 12.2 Å². The number of hydrogen-bond donors (Lipinski definition) is 2.